The van der Waals surface area contributed by atoms with Gasteiger partial charge in [-0.1, -0.05) is 101 Å². The number of anilines is 1. The van der Waals surface area contributed by atoms with Crippen LogP contribution in [0, 0.1) is 18.4 Å². The monoisotopic (exact) mass is 700 g/mol. The molecule has 3 rings (SSSR count). The molecule has 1 aromatic carbocycles. The SMILES string of the molecule is C#C[C@](CCn1cnc2c(N)nc(F)nc21)(CO[PH](=O)N[C@@H](Cc1ccccc1)C(=O)OC(CCCCCCC)CCCCCCC)OC. The molecular formula is C36H54FN6O5P. The van der Waals surface area contributed by atoms with Gasteiger partial charge in [0, 0.05) is 20.1 Å². The van der Waals surface area contributed by atoms with Gasteiger partial charge in [0.05, 0.1) is 12.9 Å². The summed E-state index contributed by atoms with van der Waals surface area (Å²) in [5.74, 6) is 2.08. The number of nitrogens with one attached hydrogen (secondary N) is 1. The molecule has 3 aromatic rings. The van der Waals surface area contributed by atoms with Crippen molar-refractivity contribution >= 4 is 31.1 Å². The van der Waals surface area contributed by atoms with Crippen LogP contribution in [-0.4, -0.2) is 57.0 Å². The molecule has 0 aliphatic heterocycles. The number of fused-ring (bicyclic) bond motifs is 1. The van der Waals surface area contributed by atoms with E-state index in [1.807, 2.05) is 30.3 Å². The fourth-order valence-corrected chi connectivity index (χ4v) is 6.63. The first-order valence-corrected chi connectivity index (χ1v) is 18.9. The highest BCUT2D eigenvalue weighted by atomic mass is 31.1. The number of terminal acetylenes is 1. The first-order valence-electron chi connectivity index (χ1n) is 17.6. The van der Waals surface area contributed by atoms with Crippen molar-refractivity contribution in [1.82, 2.24) is 24.6 Å². The van der Waals surface area contributed by atoms with E-state index in [4.69, 9.17) is 26.2 Å². The van der Waals surface area contributed by atoms with Crippen LogP contribution in [0.15, 0.2) is 36.7 Å². The number of methoxy groups -OCH3 is 1. The van der Waals surface area contributed by atoms with Crippen molar-refractivity contribution in [3.05, 3.63) is 48.3 Å². The third kappa shape index (κ3) is 13.5. The van der Waals surface area contributed by atoms with E-state index in [1.165, 1.54) is 52.0 Å². The summed E-state index contributed by atoms with van der Waals surface area (Å²) in [6.07, 6.45) is 19.6. The Labute approximate surface area is 291 Å². The van der Waals surface area contributed by atoms with Gasteiger partial charge in [0.25, 0.3) is 8.18 Å². The molecule has 0 amide bonds. The normalized spacial score (nSPS) is 14.0. The van der Waals surface area contributed by atoms with Gasteiger partial charge in [-0.15, -0.1) is 6.42 Å². The van der Waals surface area contributed by atoms with Crippen LogP contribution in [0.4, 0.5) is 10.2 Å². The number of hydrogen-bond donors (Lipinski definition) is 2. The van der Waals surface area contributed by atoms with E-state index >= 15 is 0 Å². The second-order valence-corrected chi connectivity index (χ2v) is 13.7. The number of carbonyl (C=O) groups excluding carboxylic acids is 1. The molecule has 2 aromatic heterocycles. The zero-order chi connectivity index (χ0) is 35.5. The highest BCUT2D eigenvalue weighted by Gasteiger charge is 2.31. The van der Waals surface area contributed by atoms with Gasteiger partial charge in [-0.25, -0.2) is 10.1 Å². The molecule has 49 heavy (non-hydrogen) atoms. The fourth-order valence-electron chi connectivity index (χ4n) is 5.68. The summed E-state index contributed by atoms with van der Waals surface area (Å²) in [6.45, 7) is 4.38. The van der Waals surface area contributed by atoms with Crippen LogP contribution in [0.3, 0.4) is 0 Å². The van der Waals surface area contributed by atoms with Crippen molar-refractivity contribution in [1.29, 1.82) is 0 Å². The molecular weight excluding hydrogens is 646 g/mol. The average molecular weight is 701 g/mol. The Morgan fingerprint density at radius 3 is 2.33 bits per heavy atom. The molecule has 0 aliphatic rings. The van der Waals surface area contributed by atoms with E-state index in [0.717, 1.165) is 44.1 Å². The molecule has 0 radical (unpaired) electrons. The van der Waals surface area contributed by atoms with Crippen LogP contribution in [0.1, 0.15) is 103 Å². The number of benzene rings is 1. The van der Waals surface area contributed by atoms with E-state index in [9.17, 15) is 13.8 Å². The Hall–Kier alpha value is -3.36. The summed E-state index contributed by atoms with van der Waals surface area (Å²) in [5.41, 5.74) is 5.87. The van der Waals surface area contributed by atoms with Gasteiger partial charge in [-0.3, -0.25) is 9.36 Å². The fraction of sp³-hybridized carbons (Fsp3) is 0.611. The summed E-state index contributed by atoms with van der Waals surface area (Å²) < 4.78 is 46.3. The maximum Gasteiger partial charge on any atom is 0.324 e. The largest absolute Gasteiger partial charge is 0.461 e. The lowest BCUT2D eigenvalue weighted by Gasteiger charge is -2.27. The quantitative estimate of drug-likeness (QED) is 0.0306. The van der Waals surface area contributed by atoms with Crippen LogP contribution in [0.25, 0.3) is 11.2 Å². The number of halogens is 1. The Kier molecular flexibility index (Phi) is 17.7. The molecule has 0 fully saturated rings. The molecule has 3 atom stereocenters. The molecule has 1 unspecified atom stereocenters. The summed E-state index contributed by atoms with van der Waals surface area (Å²) in [5, 5.41) is 2.90. The lowest BCUT2D eigenvalue weighted by Crippen LogP contribution is -2.40. The number of ether oxygens (including phenoxy) is 2. The van der Waals surface area contributed by atoms with Crippen molar-refractivity contribution < 1.29 is 27.7 Å². The molecule has 270 valence electrons. The van der Waals surface area contributed by atoms with Gasteiger partial charge in [-0.05, 0) is 37.7 Å². The van der Waals surface area contributed by atoms with Crippen molar-refractivity contribution in [2.75, 3.05) is 19.5 Å². The van der Waals surface area contributed by atoms with E-state index in [2.05, 4.69) is 39.8 Å². The number of nitrogens with two attached hydrogens (primary N) is 1. The summed E-state index contributed by atoms with van der Waals surface area (Å²) in [4.78, 5) is 25.2. The number of aromatic nitrogens is 4. The standard InChI is InChI=1S/C36H54FN6O5P/c1-5-8-10-12-17-21-29(22-18-13-11-9-6-2)48-34(44)30(25-28-19-15-14-16-20-28)42-49(45)47-26-36(7-3,46-4)23-24-43-27-39-31-32(38)40-35(37)41-33(31)43/h3,14-16,19-20,27,29-30,49H,5-6,8-13,17-18,21-26H2,1-2,4H3,(H,42,45)(H2,38,40,41)/t30-,36-/m0/s1. The smallest absolute Gasteiger partial charge is 0.324 e. The van der Waals surface area contributed by atoms with Gasteiger partial charge >= 0.3 is 12.0 Å². The van der Waals surface area contributed by atoms with E-state index in [0.29, 0.717) is 0 Å². The second kappa shape index (κ2) is 21.7. The maximum absolute atomic E-state index is 13.8. The van der Waals surface area contributed by atoms with Crippen molar-refractivity contribution in [2.24, 2.45) is 0 Å². The van der Waals surface area contributed by atoms with E-state index < -0.39 is 31.9 Å². The second-order valence-electron chi connectivity index (χ2n) is 12.5. The van der Waals surface area contributed by atoms with Crippen molar-refractivity contribution in [3.63, 3.8) is 0 Å². The molecule has 0 aliphatic carbocycles. The zero-order valence-corrected chi connectivity index (χ0v) is 30.3. The molecule has 2 heterocycles. The Balaban J connectivity index is 1.66. The molecule has 13 heteroatoms. The maximum atomic E-state index is 13.8. The van der Waals surface area contributed by atoms with E-state index in [1.54, 1.807) is 4.57 Å². The van der Waals surface area contributed by atoms with Gasteiger partial charge < -0.3 is 24.3 Å². The summed E-state index contributed by atoms with van der Waals surface area (Å²) >= 11 is 0. The third-order valence-electron chi connectivity index (χ3n) is 8.71. The number of rotatable bonds is 25. The Morgan fingerprint density at radius 2 is 1.71 bits per heavy atom. The van der Waals surface area contributed by atoms with E-state index in [-0.39, 0.29) is 49.1 Å². The minimum Gasteiger partial charge on any atom is -0.461 e. The highest BCUT2D eigenvalue weighted by Crippen LogP contribution is 2.27. The van der Waals surface area contributed by atoms with Crippen LogP contribution in [-0.2, 0) is 36.3 Å². The predicted octanol–water partition coefficient (Wildman–Crippen LogP) is 7.20. The predicted molar refractivity (Wildman–Crippen MR) is 192 cm³/mol. The van der Waals surface area contributed by atoms with Crippen LogP contribution >= 0.6 is 8.18 Å². The van der Waals surface area contributed by atoms with Gasteiger partial charge in [0.2, 0.25) is 0 Å². The molecule has 11 nitrogen and oxygen atoms in total. The molecule has 0 saturated carbocycles. The lowest BCUT2D eigenvalue weighted by atomic mass is 10.0. The molecule has 0 spiro atoms. The van der Waals surface area contributed by atoms with Gasteiger partial charge in [0.1, 0.15) is 17.7 Å². The van der Waals surface area contributed by atoms with Crippen LogP contribution in [0.2, 0.25) is 0 Å². The lowest BCUT2D eigenvalue weighted by molar-refractivity contribution is -0.152. The third-order valence-corrected chi connectivity index (χ3v) is 9.70. The summed E-state index contributed by atoms with van der Waals surface area (Å²) in [6, 6.07) is 8.62. The number of aryl methyl sites for hydroxylation is 1. The molecule has 3 N–H and O–H groups in total. The van der Waals surface area contributed by atoms with Gasteiger partial charge in [0.15, 0.2) is 17.1 Å². The average Bonchev–Trinajstić information content (AvgIpc) is 3.51. The minimum atomic E-state index is -2.99. The number of nitrogens with zero attached hydrogens (tertiary/aromatic N) is 4. The Bertz CT molecular complexity index is 1470. The number of unbranched alkanes of at least 4 members (excludes halogenated alkanes) is 8. The van der Waals surface area contributed by atoms with Crippen molar-refractivity contribution in [3.8, 4) is 12.3 Å². The minimum absolute atomic E-state index is 0.0712. The van der Waals surface area contributed by atoms with Gasteiger partial charge in [-0.2, -0.15) is 14.4 Å². The Morgan fingerprint density at radius 1 is 1.06 bits per heavy atom. The topological polar surface area (TPSA) is 143 Å². The number of esters is 1. The summed E-state index contributed by atoms with van der Waals surface area (Å²) in [7, 11) is -1.56. The first-order chi connectivity index (χ1) is 23.7. The molecule has 0 bridgehead atoms. The van der Waals surface area contributed by atoms with Crippen molar-refractivity contribution in [2.45, 2.75) is 128 Å². The molecule has 0 saturated heterocycles. The first kappa shape index (κ1) is 40.1. The number of imidazole rings is 1. The number of carbonyl (C=O) groups is 1. The number of nitrogen functional groups attached to an aromatic ring is 1. The van der Waals surface area contributed by atoms with Crippen LogP contribution < -0.4 is 10.8 Å². The zero-order valence-electron chi connectivity index (χ0n) is 29.3. The highest BCUT2D eigenvalue weighted by molar-refractivity contribution is 7.36. The van der Waals surface area contributed by atoms with Crippen LogP contribution in [0.5, 0.6) is 0 Å². The number of hydrogen-bond acceptors (Lipinski definition) is 9.